The number of rotatable bonds is 4. The summed E-state index contributed by atoms with van der Waals surface area (Å²) in [6.45, 7) is 4.32. The minimum absolute atomic E-state index is 0.121. The van der Waals surface area contributed by atoms with Crippen molar-refractivity contribution in [2.75, 3.05) is 6.61 Å². The second kappa shape index (κ2) is 5.43. The van der Waals surface area contributed by atoms with E-state index in [9.17, 15) is 4.79 Å². The molecule has 0 amide bonds. The van der Waals surface area contributed by atoms with Gasteiger partial charge in [-0.3, -0.25) is 4.79 Å². The van der Waals surface area contributed by atoms with E-state index in [1.54, 1.807) is 0 Å². The van der Waals surface area contributed by atoms with Gasteiger partial charge >= 0.3 is 5.97 Å². The largest absolute Gasteiger partial charge is 0.466 e. The Morgan fingerprint density at radius 1 is 1.36 bits per heavy atom. The molecule has 1 aromatic carbocycles. The van der Waals surface area contributed by atoms with Crippen LogP contribution in [-0.2, 0) is 9.53 Å². The van der Waals surface area contributed by atoms with Gasteiger partial charge in [0.2, 0.25) is 0 Å². The highest BCUT2D eigenvalue weighted by Gasteiger charge is 2.10. The molecule has 0 N–H and O–H groups in total. The van der Waals surface area contributed by atoms with E-state index in [-0.39, 0.29) is 11.9 Å². The van der Waals surface area contributed by atoms with E-state index in [2.05, 4.69) is 0 Å². The zero-order valence-corrected chi connectivity index (χ0v) is 8.69. The number of carbonyl (C=O) groups is 1. The minimum Gasteiger partial charge on any atom is -0.466 e. The van der Waals surface area contributed by atoms with Gasteiger partial charge < -0.3 is 4.74 Å². The van der Waals surface area contributed by atoms with Gasteiger partial charge in [0.05, 0.1) is 13.0 Å². The first-order chi connectivity index (χ1) is 6.74. The Kier molecular flexibility index (Phi) is 4.17. The number of ether oxygens (including phenoxy) is 1. The summed E-state index contributed by atoms with van der Waals surface area (Å²) >= 11 is 0. The second-order valence-corrected chi connectivity index (χ2v) is 3.32. The quantitative estimate of drug-likeness (QED) is 0.686. The lowest BCUT2D eigenvalue weighted by atomic mass is 9.98. The monoisotopic (exact) mass is 192 g/mol. The fraction of sp³-hybridized carbons (Fsp3) is 0.417. The third kappa shape index (κ3) is 3.21. The molecule has 0 aliphatic rings. The molecule has 0 unspecified atom stereocenters. The minimum atomic E-state index is -0.121. The van der Waals surface area contributed by atoms with Gasteiger partial charge in [0.25, 0.3) is 0 Å². The smallest absolute Gasteiger partial charge is 0.306 e. The fourth-order valence-electron chi connectivity index (χ4n) is 1.37. The van der Waals surface area contributed by atoms with Crippen molar-refractivity contribution in [1.29, 1.82) is 0 Å². The summed E-state index contributed by atoms with van der Waals surface area (Å²) in [5.74, 6) is 0.110. The summed E-state index contributed by atoms with van der Waals surface area (Å²) in [6.07, 6.45) is 0.456. The standard InChI is InChI=1S/C12H16O2/c1-3-14-12(13)9-10(2)11-7-5-4-6-8-11/h4-8,10H,3,9H2,1-2H3/t10-/m0/s1. The van der Waals surface area contributed by atoms with Gasteiger partial charge in [-0.05, 0) is 18.4 Å². The highest BCUT2D eigenvalue weighted by Crippen LogP contribution is 2.18. The summed E-state index contributed by atoms with van der Waals surface area (Å²) in [7, 11) is 0. The molecule has 76 valence electrons. The molecule has 0 fully saturated rings. The number of carbonyl (C=O) groups excluding carboxylic acids is 1. The van der Waals surface area contributed by atoms with Gasteiger partial charge in [-0.1, -0.05) is 37.3 Å². The predicted octanol–water partition coefficient (Wildman–Crippen LogP) is 2.74. The summed E-state index contributed by atoms with van der Waals surface area (Å²) in [5.41, 5.74) is 1.18. The molecule has 0 saturated heterocycles. The first-order valence-electron chi connectivity index (χ1n) is 4.94. The third-order valence-corrected chi connectivity index (χ3v) is 2.15. The van der Waals surface area contributed by atoms with Gasteiger partial charge in [-0.15, -0.1) is 0 Å². The number of esters is 1. The van der Waals surface area contributed by atoms with Crippen LogP contribution >= 0.6 is 0 Å². The van der Waals surface area contributed by atoms with Crippen LogP contribution in [0.4, 0.5) is 0 Å². The van der Waals surface area contributed by atoms with Gasteiger partial charge in [0, 0.05) is 0 Å². The molecule has 1 rings (SSSR count). The Labute approximate surface area is 84.9 Å². The second-order valence-electron chi connectivity index (χ2n) is 3.32. The summed E-state index contributed by atoms with van der Waals surface area (Å²) in [6, 6.07) is 10.0. The van der Waals surface area contributed by atoms with Crippen LogP contribution in [0.2, 0.25) is 0 Å². The van der Waals surface area contributed by atoms with Crippen LogP contribution in [-0.4, -0.2) is 12.6 Å². The van der Waals surface area contributed by atoms with Gasteiger partial charge in [-0.2, -0.15) is 0 Å². The van der Waals surface area contributed by atoms with Crippen LogP contribution in [0.3, 0.4) is 0 Å². The topological polar surface area (TPSA) is 26.3 Å². The first kappa shape index (κ1) is 10.8. The Hall–Kier alpha value is -1.31. The van der Waals surface area contributed by atoms with Crippen LogP contribution in [0.25, 0.3) is 0 Å². The molecule has 0 heterocycles. The third-order valence-electron chi connectivity index (χ3n) is 2.15. The van der Waals surface area contributed by atoms with Crippen molar-refractivity contribution < 1.29 is 9.53 Å². The molecule has 0 aliphatic heterocycles. The molecule has 0 radical (unpaired) electrons. The highest BCUT2D eigenvalue weighted by atomic mass is 16.5. The SMILES string of the molecule is CCOC(=O)C[C@H](C)c1ccccc1. The maximum Gasteiger partial charge on any atom is 0.306 e. The van der Waals surface area contributed by atoms with Crippen LogP contribution < -0.4 is 0 Å². The maximum absolute atomic E-state index is 11.2. The van der Waals surface area contributed by atoms with Crippen LogP contribution in [0, 0.1) is 0 Å². The van der Waals surface area contributed by atoms with Crippen molar-refractivity contribution in [3.8, 4) is 0 Å². The van der Waals surface area contributed by atoms with Gasteiger partial charge in [0.1, 0.15) is 0 Å². The maximum atomic E-state index is 11.2. The summed E-state index contributed by atoms with van der Waals surface area (Å²) < 4.78 is 4.90. The Bertz CT molecular complexity index is 280. The zero-order chi connectivity index (χ0) is 10.4. The van der Waals surface area contributed by atoms with E-state index < -0.39 is 0 Å². The van der Waals surface area contributed by atoms with Crippen molar-refractivity contribution in [2.45, 2.75) is 26.2 Å². The lowest BCUT2D eigenvalue weighted by Gasteiger charge is -2.10. The van der Waals surface area contributed by atoms with E-state index in [0.29, 0.717) is 13.0 Å². The zero-order valence-electron chi connectivity index (χ0n) is 8.69. The number of benzene rings is 1. The van der Waals surface area contributed by atoms with E-state index in [1.807, 2.05) is 44.2 Å². The molecule has 0 saturated carbocycles. The Morgan fingerprint density at radius 3 is 2.57 bits per heavy atom. The van der Waals surface area contributed by atoms with Crippen molar-refractivity contribution in [1.82, 2.24) is 0 Å². The molecule has 14 heavy (non-hydrogen) atoms. The molecule has 0 bridgehead atoms. The Balaban J connectivity index is 2.50. The average Bonchev–Trinajstić information content (AvgIpc) is 2.19. The fourth-order valence-corrected chi connectivity index (χ4v) is 1.37. The molecule has 2 nitrogen and oxygen atoms in total. The molecule has 1 atom stereocenters. The van der Waals surface area contributed by atoms with Crippen LogP contribution in [0.1, 0.15) is 31.7 Å². The number of hydrogen-bond donors (Lipinski definition) is 0. The molecule has 0 aromatic heterocycles. The van der Waals surface area contributed by atoms with E-state index in [0.717, 1.165) is 0 Å². The normalized spacial score (nSPS) is 12.1. The average molecular weight is 192 g/mol. The molecule has 0 spiro atoms. The predicted molar refractivity (Wildman–Crippen MR) is 56.1 cm³/mol. The molecule has 2 heteroatoms. The van der Waals surface area contributed by atoms with Crippen LogP contribution in [0.5, 0.6) is 0 Å². The van der Waals surface area contributed by atoms with E-state index >= 15 is 0 Å². The molecular formula is C12H16O2. The lowest BCUT2D eigenvalue weighted by molar-refractivity contribution is -0.143. The van der Waals surface area contributed by atoms with Crippen molar-refractivity contribution in [3.63, 3.8) is 0 Å². The lowest BCUT2D eigenvalue weighted by Crippen LogP contribution is -2.08. The number of hydrogen-bond acceptors (Lipinski definition) is 2. The van der Waals surface area contributed by atoms with Gasteiger partial charge in [-0.25, -0.2) is 0 Å². The highest BCUT2D eigenvalue weighted by molar-refractivity contribution is 5.70. The van der Waals surface area contributed by atoms with Crippen LogP contribution in [0.15, 0.2) is 30.3 Å². The van der Waals surface area contributed by atoms with Crippen molar-refractivity contribution in [3.05, 3.63) is 35.9 Å². The Morgan fingerprint density at radius 2 is 2.00 bits per heavy atom. The van der Waals surface area contributed by atoms with E-state index in [1.165, 1.54) is 5.56 Å². The molecular weight excluding hydrogens is 176 g/mol. The summed E-state index contributed by atoms with van der Waals surface area (Å²) in [5, 5.41) is 0. The molecule has 1 aromatic rings. The van der Waals surface area contributed by atoms with Crippen molar-refractivity contribution >= 4 is 5.97 Å². The van der Waals surface area contributed by atoms with Gasteiger partial charge in [0.15, 0.2) is 0 Å². The molecule has 0 aliphatic carbocycles. The van der Waals surface area contributed by atoms with Crippen molar-refractivity contribution in [2.24, 2.45) is 0 Å². The van der Waals surface area contributed by atoms with E-state index in [4.69, 9.17) is 4.74 Å². The summed E-state index contributed by atoms with van der Waals surface area (Å²) in [4.78, 5) is 11.2. The first-order valence-corrected chi connectivity index (χ1v) is 4.94.